The van der Waals surface area contributed by atoms with Gasteiger partial charge in [-0.25, -0.2) is 0 Å². The fourth-order valence-electron chi connectivity index (χ4n) is 2.11. The molecule has 7 heteroatoms. The zero-order valence-electron chi connectivity index (χ0n) is 13.6. The summed E-state index contributed by atoms with van der Waals surface area (Å²) in [5.74, 6) is 0.155. The largest absolute Gasteiger partial charge is 0.484 e. The minimum absolute atomic E-state index is 0.117. The summed E-state index contributed by atoms with van der Waals surface area (Å²) in [6.45, 7) is -0.117. The van der Waals surface area contributed by atoms with E-state index >= 15 is 0 Å². The molecule has 3 aromatic rings. The second-order valence-electron chi connectivity index (χ2n) is 5.30. The van der Waals surface area contributed by atoms with Crippen LogP contribution in [0.25, 0.3) is 0 Å². The molecule has 0 aliphatic carbocycles. The lowest BCUT2D eigenvalue weighted by Gasteiger charge is -2.09. The average molecular weight is 415 g/mol. The van der Waals surface area contributed by atoms with E-state index in [2.05, 4.69) is 26.6 Å². The number of carbonyl (C=O) groups excluding carboxylic acids is 2. The number of carbonyl (C=O) groups is 2. The van der Waals surface area contributed by atoms with Gasteiger partial charge in [0.15, 0.2) is 12.4 Å². The Labute approximate surface area is 158 Å². The van der Waals surface area contributed by atoms with Crippen LogP contribution in [0.2, 0.25) is 0 Å². The van der Waals surface area contributed by atoms with Gasteiger partial charge in [-0.05, 0) is 60.7 Å². The topological polar surface area (TPSA) is 80.6 Å². The van der Waals surface area contributed by atoms with Crippen molar-refractivity contribution in [1.29, 1.82) is 0 Å². The molecule has 2 aromatic carbocycles. The minimum atomic E-state index is -0.336. The Balaban J connectivity index is 1.48. The van der Waals surface area contributed by atoms with Gasteiger partial charge >= 0.3 is 0 Å². The van der Waals surface area contributed by atoms with Gasteiger partial charge in [0.2, 0.25) is 0 Å². The van der Waals surface area contributed by atoms with Gasteiger partial charge in [-0.3, -0.25) is 9.59 Å². The monoisotopic (exact) mass is 414 g/mol. The normalized spacial score (nSPS) is 10.2. The first kappa shape index (κ1) is 17.8. The first-order chi connectivity index (χ1) is 12.6. The van der Waals surface area contributed by atoms with Gasteiger partial charge in [0.05, 0.1) is 6.26 Å². The van der Waals surface area contributed by atoms with Gasteiger partial charge in [0.25, 0.3) is 11.8 Å². The Kier molecular flexibility index (Phi) is 5.70. The first-order valence-electron chi connectivity index (χ1n) is 7.73. The molecule has 1 aromatic heterocycles. The molecular weight excluding hydrogens is 400 g/mol. The smallest absolute Gasteiger partial charge is 0.291 e. The molecule has 132 valence electrons. The summed E-state index contributed by atoms with van der Waals surface area (Å²) >= 11 is 3.34. The standard InChI is InChI=1S/C19H15BrN2O4/c20-13-3-5-14(6-4-13)21-18(23)12-26-16-9-7-15(8-10-16)22-19(24)17-2-1-11-25-17/h1-11H,12H2,(H,21,23)(H,22,24). The van der Waals surface area contributed by atoms with E-state index in [1.165, 1.54) is 6.26 Å². The van der Waals surface area contributed by atoms with Crippen molar-refractivity contribution in [2.24, 2.45) is 0 Å². The second kappa shape index (κ2) is 8.35. The first-order valence-corrected chi connectivity index (χ1v) is 8.52. The molecular formula is C19H15BrN2O4. The lowest BCUT2D eigenvalue weighted by atomic mass is 10.3. The summed E-state index contributed by atoms with van der Waals surface area (Å²) in [6.07, 6.45) is 1.44. The number of benzene rings is 2. The molecule has 2 N–H and O–H groups in total. The van der Waals surface area contributed by atoms with Crippen molar-refractivity contribution in [2.75, 3.05) is 17.2 Å². The molecule has 0 aliphatic rings. The van der Waals surface area contributed by atoms with Crippen LogP contribution in [0, 0.1) is 0 Å². The molecule has 0 saturated heterocycles. The quantitative estimate of drug-likeness (QED) is 0.629. The Morgan fingerprint density at radius 2 is 1.58 bits per heavy atom. The average Bonchev–Trinajstić information content (AvgIpc) is 3.18. The fraction of sp³-hybridized carbons (Fsp3) is 0.0526. The highest BCUT2D eigenvalue weighted by Crippen LogP contribution is 2.17. The van der Waals surface area contributed by atoms with Crippen molar-refractivity contribution >= 4 is 39.1 Å². The summed E-state index contributed by atoms with van der Waals surface area (Å²) in [5.41, 5.74) is 1.29. The molecule has 0 aliphatic heterocycles. The molecule has 0 saturated carbocycles. The number of rotatable bonds is 6. The van der Waals surface area contributed by atoms with E-state index in [1.807, 2.05) is 12.1 Å². The van der Waals surface area contributed by atoms with Crippen LogP contribution >= 0.6 is 15.9 Å². The number of hydrogen-bond acceptors (Lipinski definition) is 4. The van der Waals surface area contributed by atoms with Gasteiger partial charge in [0.1, 0.15) is 5.75 Å². The number of furan rings is 1. The van der Waals surface area contributed by atoms with E-state index in [-0.39, 0.29) is 24.2 Å². The lowest BCUT2D eigenvalue weighted by Crippen LogP contribution is -2.20. The van der Waals surface area contributed by atoms with Crippen LogP contribution in [0.4, 0.5) is 11.4 Å². The number of hydrogen-bond donors (Lipinski definition) is 2. The molecule has 6 nitrogen and oxygen atoms in total. The third-order valence-electron chi connectivity index (χ3n) is 3.36. The summed E-state index contributed by atoms with van der Waals surface area (Å²) in [5, 5.41) is 5.44. The Morgan fingerprint density at radius 3 is 2.23 bits per heavy atom. The number of amides is 2. The van der Waals surface area contributed by atoms with Crippen molar-refractivity contribution in [3.8, 4) is 5.75 Å². The molecule has 0 spiro atoms. The molecule has 26 heavy (non-hydrogen) atoms. The van der Waals surface area contributed by atoms with Crippen molar-refractivity contribution in [1.82, 2.24) is 0 Å². The van der Waals surface area contributed by atoms with Gasteiger partial charge in [-0.1, -0.05) is 15.9 Å². The number of halogens is 1. The number of anilines is 2. The third-order valence-corrected chi connectivity index (χ3v) is 3.88. The highest BCUT2D eigenvalue weighted by Gasteiger charge is 2.09. The zero-order valence-corrected chi connectivity index (χ0v) is 15.2. The predicted octanol–water partition coefficient (Wildman–Crippen LogP) is 4.31. The van der Waals surface area contributed by atoms with Crippen LogP contribution in [0.1, 0.15) is 10.6 Å². The van der Waals surface area contributed by atoms with Crippen molar-refractivity contribution in [2.45, 2.75) is 0 Å². The van der Waals surface area contributed by atoms with Crippen molar-refractivity contribution in [3.05, 3.63) is 77.2 Å². The van der Waals surface area contributed by atoms with E-state index < -0.39 is 0 Å². The van der Waals surface area contributed by atoms with Crippen molar-refractivity contribution < 1.29 is 18.7 Å². The molecule has 1 heterocycles. The Bertz CT molecular complexity index is 875. The molecule has 2 amide bonds. The number of nitrogens with one attached hydrogen (secondary N) is 2. The van der Waals surface area contributed by atoms with Crippen LogP contribution in [0.15, 0.2) is 75.8 Å². The second-order valence-corrected chi connectivity index (χ2v) is 6.22. The van der Waals surface area contributed by atoms with Crippen LogP contribution in [-0.2, 0) is 4.79 Å². The minimum Gasteiger partial charge on any atom is -0.484 e. The summed E-state index contributed by atoms with van der Waals surface area (Å²) in [6, 6.07) is 17.2. The van der Waals surface area contributed by atoms with E-state index in [0.29, 0.717) is 17.1 Å². The molecule has 0 radical (unpaired) electrons. The van der Waals surface area contributed by atoms with E-state index in [1.54, 1.807) is 48.5 Å². The fourth-order valence-corrected chi connectivity index (χ4v) is 2.38. The summed E-state index contributed by atoms with van der Waals surface area (Å²) < 4.78 is 11.4. The molecule has 0 bridgehead atoms. The van der Waals surface area contributed by atoms with Crippen LogP contribution in [0.5, 0.6) is 5.75 Å². The van der Waals surface area contributed by atoms with Crippen LogP contribution < -0.4 is 15.4 Å². The maximum atomic E-state index is 11.9. The highest BCUT2D eigenvalue weighted by molar-refractivity contribution is 9.10. The SMILES string of the molecule is O=C(COc1ccc(NC(=O)c2ccco2)cc1)Nc1ccc(Br)cc1. The maximum Gasteiger partial charge on any atom is 0.291 e. The Morgan fingerprint density at radius 1 is 0.923 bits per heavy atom. The zero-order chi connectivity index (χ0) is 18.4. The molecule has 0 fully saturated rings. The maximum absolute atomic E-state index is 11.9. The molecule has 0 atom stereocenters. The highest BCUT2D eigenvalue weighted by atomic mass is 79.9. The summed E-state index contributed by atoms with van der Waals surface area (Å²) in [4.78, 5) is 23.8. The molecule has 0 unspecified atom stereocenters. The van der Waals surface area contributed by atoms with E-state index in [4.69, 9.17) is 9.15 Å². The van der Waals surface area contributed by atoms with Gasteiger partial charge in [0, 0.05) is 15.8 Å². The molecule has 3 rings (SSSR count). The van der Waals surface area contributed by atoms with Gasteiger partial charge < -0.3 is 19.8 Å². The van der Waals surface area contributed by atoms with Gasteiger partial charge in [-0.2, -0.15) is 0 Å². The van der Waals surface area contributed by atoms with E-state index in [0.717, 1.165) is 4.47 Å². The van der Waals surface area contributed by atoms with Crippen LogP contribution in [0.3, 0.4) is 0 Å². The number of ether oxygens (including phenoxy) is 1. The summed E-state index contributed by atoms with van der Waals surface area (Å²) in [7, 11) is 0. The third kappa shape index (κ3) is 4.97. The van der Waals surface area contributed by atoms with Crippen LogP contribution in [-0.4, -0.2) is 18.4 Å². The van der Waals surface area contributed by atoms with E-state index in [9.17, 15) is 9.59 Å². The Hall–Kier alpha value is -3.06. The lowest BCUT2D eigenvalue weighted by molar-refractivity contribution is -0.118. The van der Waals surface area contributed by atoms with Gasteiger partial charge in [-0.15, -0.1) is 0 Å². The predicted molar refractivity (Wildman–Crippen MR) is 101 cm³/mol. The van der Waals surface area contributed by atoms with Crippen molar-refractivity contribution in [3.63, 3.8) is 0 Å².